The topological polar surface area (TPSA) is 29.5 Å². The van der Waals surface area contributed by atoms with E-state index in [0.717, 1.165) is 11.3 Å². The highest BCUT2D eigenvalue weighted by Gasteiger charge is 2.33. The SMILES string of the molecule is O=C(c1cccs1)N1CCS[C@@H]1c1ccc(OC(F)(F)F)cc1. The van der Waals surface area contributed by atoms with Crippen molar-refractivity contribution in [2.45, 2.75) is 11.7 Å². The highest BCUT2D eigenvalue weighted by atomic mass is 32.2. The molecule has 1 aliphatic rings. The van der Waals surface area contributed by atoms with Crippen molar-refractivity contribution in [3.8, 4) is 5.75 Å². The molecular weight excluding hydrogens is 347 g/mol. The van der Waals surface area contributed by atoms with Crippen LogP contribution in [0.3, 0.4) is 0 Å². The van der Waals surface area contributed by atoms with Crippen molar-refractivity contribution in [1.29, 1.82) is 0 Å². The minimum Gasteiger partial charge on any atom is -0.406 e. The number of benzene rings is 1. The van der Waals surface area contributed by atoms with Crippen LogP contribution in [0.5, 0.6) is 5.75 Å². The lowest BCUT2D eigenvalue weighted by molar-refractivity contribution is -0.274. The first-order valence-corrected chi connectivity index (χ1v) is 8.69. The Morgan fingerprint density at radius 3 is 2.57 bits per heavy atom. The summed E-state index contributed by atoms with van der Waals surface area (Å²) in [5.41, 5.74) is 0.784. The molecule has 3 rings (SSSR count). The van der Waals surface area contributed by atoms with Gasteiger partial charge in [0.2, 0.25) is 0 Å². The lowest BCUT2D eigenvalue weighted by Gasteiger charge is -2.23. The Balaban J connectivity index is 1.76. The molecule has 8 heteroatoms. The van der Waals surface area contributed by atoms with Crippen molar-refractivity contribution in [2.75, 3.05) is 12.3 Å². The molecule has 0 spiro atoms. The first-order chi connectivity index (χ1) is 10.9. The number of nitrogens with zero attached hydrogens (tertiary/aromatic N) is 1. The van der Waals surface area contributed by atoms with Gasteiger partial charge in [-0.25, -0.2) is 0 Å². The third-order valence-electron chi connectivity index (χ3n) is 3.28. The van der Waals surface area contributed by atoms with E-state index in [4.69, 9.17) is 0 Å². The molecule has 23 heavy (non-hydrogen) atoms. The maximum atomic E-state index is 12.5. The summed E-state index contributed by atoms with van der Waals surface area (Å²) in [6, 6.07) is 9.27. The molecular formula is C15H12F3NO2S2. The van der Waals surface area contributed by atoms with E-state index in [2.05, 4.69) is 4.74 Å². The molecule has 1 aromatic heterocycles. The van der Waals surface area contributed by atoms with Crippen molar-refractivity contribution >= 4 is 29.0 Å². The fourth-order valence-corrected chi connectivity index (χ4v) is 4.27. The Bertz CT molecular complexity index is 671. The molecule has 1 aliphatic heterocycles. The zero-order valence-electron chi connectivity index (χ0n) is 11.7. The Labute approximate surface area is 139 Å². The van der Waals surface area contributed by atoms with E-state index < -0.39 is 6.36 Å². The largest absolute Gasteiger partial charge is 0.573 e. The van der Waals surface area contributed by atoms with E-state index in [9.17, 15) is 18.0 Å². The quantitative estimate of drug-likeness (QED) is 0.806. The molecule has 1 atom stereocenters. The molecule has 1 fully saturated rings. The van der Waals surface area contributed by atoms with E-state index >= 15 is 0 Å². The van der Waals surface area contributed by atoms with E-state index in [1.807, 2.05) is 11.4 Å². The molecule has 2 aromatic rings. The van der Waals surface area contributed by atoms with E-state index in [-0.39, 0.29) is 17.0 Å². The molecule has 0 saturated carbocycles. The highest BCUT2D eigenvalue weighted by molar-refractivity contribution is 7.99. The second-order valence-electron chi connectivity index (χ2n) is 4.82. The smallest absolute Gasteiger partial charge is 0.406 e. The number of ether oxygens (including phenoxy) is 1. The number of thioether (sulfide) groups is 1. The van der Waals surface area contributed by atoms with Crippen molar-refractivity contribution in [2.24, 2.45) is 0 Å². The summed E-state index contributed by atoms with van der Waals surface area (Å²) in [4.78, 5) is 14.9. The van der Waals surface area contributed by atoms with Gasteiger partial charge in [-0.15, -0.1) is 36.3 Å². The molecule has 0 bridgehead atoms. The molecule has 0 N–H and O–H groups in total. The van der Waals surface area contributed by atoms with E-state index in [1.54, 1.807) is 34.9 Å². The van der Waals surface area contributed by atoms with Crippen LogP contribution >= 0.6 is 23.1 Å². The Morgan fingerprint density at radius 2 is 1.96 bits per heavy atom. The molecule has 122 valence electrons. The van der Waals surface area contributed by atoms with Crippen LogP contribution in [0, 0.1) is 0 Å². The number of thiophene rings is 1. The molecule has 3 nitrogen and oxygen atoms in total. The maximum absolute atomic E-state index is 12.5. The van der Waals surface area contributed by atoms with Gasteiger partial charge in [0.1, 0.15) is 11.1 Å². The monoisotopic (exact) mass is 359 g/mol. The summed E-state index contributed by atoms with van der Waals surface area (Å²) in [6.45, 7) is 0.618. The van der Waals surface area contributed by atoms with E-state index in [0.29, 0.717) is 11.4 Å². The second kappa shape index (κ2) is 6.45. The van der Waals surface area contributed by atoms with Crippen molar-refractivity contribution in [3.63, 3.8) is 0 Å². The van der Waals surface area contributed by atoms with Gasteiger partial charge in [0, 0.05) is 12.3 Å². The summed E-state index contributed by atoms with van der Waals surface area (Å²) in [7, 11) is 0. The van der Waals surface area contributed by atoms with Crippen LogP contribution in [0.15, 0.2) is 41.8 Å². The normalized spacial score (nSPS) is 18.2. The zero-order valence-corrected chi connectivity index (χ0v) is 13.4. The van der Waals surface area contributed by atoms with Crippen LogP contribution < -0.4 is 4.74 Å². The maximum Gasteiger partial charge on any atom is 0.573 e. The molecule has 0 unspecified atom stereocenters. The summed E-state index contributed by atoms with van der Waals surface area (Å²) in [6.07, 6.45) is -4.70. The standard InChI is InChI=1S/C15H12F3NO2S2/c16-15(17,18)21-11-5-3-10(4-6-11)14-19(7-9-23-14)13(20)12-2-1-8-22-12/h1-6,8,14H,7,9H2/t14-/m1/s1. The summed E-state index contributed by atoms with van der Waals surface area (Å²) >= 11 is 2.97. The van der Waals surface area contributed by atoms with Crippen LogP contribution in [-0.4, -0.2) is 29.5 Å². The van der Waals surface area contributed by atoms with Crippen molar-refractivity contribution < 1.29 is 22.7 Å². The van der Waals surface area contributed by atoms with Crippen LogP contribution in [0.2, 0.25) is 0 Å². The summed E-state index contributed by atoms with van der Waals surface area (Å²) in [5.74, 6) is 0.480. The average molecular weight is 359 g/mol. The van der Waals surface area contributed by atoms with E-state index in [1.165, 1.54) is 23.5 Å². The van der Waals surface area contributed by atoms with Gasteiger partial charge in [-0.1, -0.05) is 18.2 Å². The lowest BCUT2D eigenvalue weighted by Crippen LogP contribution is -2.29. The lowest BCUT2D eigenvalue weighted by atomic mass is 10.2. The Morgan fingerprint density at radius 1 is 1.22 bits per heavy atom. The van der Waals surface area contributed by atoms with Gasteiger partial charge in [-0.05, 0) is 29.1 Å². The minimum absolute atomic E-state index is 0.0504. The van der Waals surface area contributed by atoms with Gasteiger partial charge in [0.15, 0.2) is 0 Å². The summed E-state index contributed by atoms with van der Waals surface area (Å²) in [5, 5.41) is 1.65. The van der Waals surface area contributed by atoms with Crippen LogP contribution in [0.1, 0.15) is 20.6 Å². The van der Waals surface area contributed by atoms with Crippen LogP contribution in [0.4, 0.5) is 13.2 Å². The predicted molar refractivity (Wildman–Crippen MR) is 83.7 cm³/mol. The molecule has 2 heterocycles. The average Bonchev–Trinajstić information content (AvgIpc) is 3.17. The predicted octanol–water partition coefficient (Wildman–Crippen LogP) is 4.53. The third-order valence-corrected chi connectivity index (χ3v) is 5.40. The van der Waals surface area contributed by atoms with Gasteiger partial charge < -0.3 is 9.64 Å². The van der Waals surface area contributed by atoms with Crippen LogP contribution in [0.25, 0.3) is 0 Å². The van der Waals surface area contributed by atoms with Gasteiger partial charge in [-0.2, -0.15) is 0 Å². The number of rotatable bonds is 3. The molecule has 0 radical (unpaired) electrons. The second-order valence-corrected chi connectivity index (χ2v) is 6.95. The first-order valence-electron chi connectivity index (χ1n) is 6.76. The summed E-state index contributed by atoms with van der Waals surface area (Å²) < 4.78 is 40.4. The fourth-order valence-electron chi connectivity index (χ4n) is 2.33. The first kappa shape index (κ1) is 16.2. The number of hydrogen-bond acceptors (Lipinski definition) is 4. The number of hydrogen-bond donors (Lipinski definition) is 0. The van der Waals surface area contributed by atoms with Crippen molar-refractivity contribution in [1.82, 2.24) is 4.90 Å². The third kappa shape index (κ3) is 3.81. The number of alkyl halides is 3. The van der Waals surface area contributed by atoms with Crippen LogP contribution in [-0.2, 0) is 0 Å². The number of carbonyl (C=O) groups is 1. The van der Waals surface area contributed by atoms with Gasteiger partial charge in [-0.3, -0.25) is 4.79 Å². The van der Waals surface area contributed by atoms with Gasteiger partial charge in [0.05, 0.1) is 4.88 Å². The Hall–Kier alpha value is -1.67. The molecule has 0 aliphatic carbocycles. The van der Waals surface area contributed by atoms with Gasteiger partial charge in [0.25, 0.3) is 5.91 Å². The molecule has 1 amide bonds. The number of amides is 1. The zero-order chi connectivity index (χ0) is 16.4. The molecule has 1 saturated heterocycles. The fraction of sp³-hybridized carbons (Fsp3) is 0.267. The van der Waals surface area contributed by atoms with Gasteiger partial charge >= 0.3 is 6.36 Å². The molecule has 1 aromatic carbocycles. The van der Waals surface area contributed by atoms with Crippen molar-refractivity contribution in [3.05, 3.63) is 52.2 Å². The number of halogens is 3. The highest BCUT2D eigenvalue weighted by Crippen LogP contribution is 2.39. The minimum atomic E-state index is -4.70. The number of carbonyl (C=O) groups excluding carboxylic acids is 1. The Kier molecular flexibility index (Phi) is 4.54.